The number of carbonyl (C=O) groups excluding carboxylic acids is 1. The number of sulfone groups is 1. The second kappa shape index (κ2) is 9.97. The minimum absolute atomic E-state index is 0.0597. The molecule has 0 unspecified atom stereocenters. The molecular weight excluding hydrogens is 496 g/mol. The van der Waals surface area contributed by atoms with Crippen LogP contribution in [0, 0.1) is 0 Å². The largest absolute Gasteiger partial charge is 0.336 e. The van der Waals surface area contributed by atoms with Crippen molar-refractivity contribution in [2.45, 2.75) is 47.8 Å². The van der Waals surface area contributed by atoms with Gasteiger partial charge in [0.25, 0.3) is 5.91 Å². The first-order chi connectivity index (χ1) is 16.1. The quantitative estimate of drug-likeness (QED) is 0.590. The zero-order valence-electron chi connectivity index (χ0n) is 19.1. The molecule has 7 nitrogen and oxygen atoms in total. The molecule has 1 saturated heterocycles. The Hall–Kier alpha value is -1.94. The van der Waals surface area contributed by atoms with E-state index in [1.807, 2.05) is 12.1 Å². The Bertz CT molecular complexity index is 1260. The minimum atomic E-state index is -3.66. The van der Waals surface area contributed by atoms with Crippen LogP contribution in [0.25, 0.3) is 0 Å². The average Bonchev–Trinajstić information content (AvgIpc) is 2.84. The maximum Gasteiger partial charge on any atom is 0.253 e. The topological polar surface area (TPSA) is 91.8 Å². The predicted molar refractivity (Wildman–Crippen MR) is 131 cm³/mol. The normalized spacial score (nSPS) is 18.7. The summed E-state index contributed by atoms with van der Waals surface area (Å²) in [6.07, 6.45) is 7.06. The van der Waals surface area contributed by atoms with Crippen molar-refractivity contribution in [3.8, 4) is 0 Å². The van der Waals surface area contributed by atoms with Crippen LogP contribution in [0.1, 0.15) is 53.9 Å². The summed E-state index contributed by atoms with van der Waals surface area (Å²) >= 11 is 5.98. The van der Waals surface area contributed by atoms with Crippen LogP contribution < -0.4 is 0 Å². The lowest BCUT2D eigenvalue weighted by Gasteiger charge is -2.34. The molecule has 1 heterocycles. The van der Waals surface area contributed by atoms with Crippen molar-refractivity contribution >= 4 is 37.4 Å². The van der Waals surface area contributed by atoms with E-state index < -0.39 is 19.9 Å². The van der Waals surface area contributed by atoms with Gasteiger partial charge < -0.3 is 4.90 Å². The smallest absolute Gasteiger partial charge is 0.253 e. The Morgan fingerprint density at radius 1 is 0.882 bits per heavy atom. The van der Waals surface area contributed by atoms with E-state index in [1.165, 1.54) is 52.2 Å². The van der Waals surface area contributed by atoms with Crippen LogP contribution in [0.3, 0.4) is 0 Å². The maximum absolute atomic E-state index is 13.2. The van der Waals surface area contributed by atoms with Crippen molar-refractivity contribution in [2.24, 2.45) is 0 Å². The fourth-order valence-corrected chi connectivity index (χ4v) is 7.46. The number of piperazine rings is 1. The maximum atomic E-state index is 13.2. The third kappa shape index (κ3) is 5.32. The number of nitrogens with zero attached hydrogens (tertiary/aromatic N) is 2. The highest BCUT2D eigenvalue weighted by Crippen LogP contribution is 2.33. The third-order valence-corrected chi connectivity index (χ3v) is 10.2. The standard InChI is InChI=1S/C24H29ClN2O5S2/c1-33(29,30)23-17-20(9-12-22(23)25)24(28)26-13-15-27(16-14-26)34(31,32)21-10-7-19(8-11-21)18-5-3-2-4-6-18/h7-12,17-18H,2-6,13-16H2,1H3. The summed E-state index contributed by atoms with van der Waals surface area (Å²) < 4.78 is 51.6. The van der Waals surface area contributed by atoms with E-state index >= 15 is 0 Å². The number of carbonyl (C=O) groups is 1. The van der Waals surface area contributed by atoms with Crippen molar-refractivity contribution in [2.75, 3.05) is 32.4 Å². The monoisotopic (exact) mass is 524 g/mol. The van der Waals surface area contributed by atoms with E-state index in [9.17, 15) is 21.6 Å². The molecule has 2 aromatic carbocycles. The second-order valence-electron chi connectivity index (χ2n) is 9.02. The highest BCUT2D eigenvalue weighted by molar-refractivity contribution is 7.90. The second-order valence-corrected chi connectivity index (χ2v) is 13.3. The van der Waals surface area contributed by atoms with Gasteiger partial charge in [0.15, 0.2) is 9.84 Å². The molecular formula is C24H29ClN2O5S2. The van der Waals surface area contributed by atoms with Gasteiger partial charge in [-0.15, -0.1) is 0 Å². The molecule has 0 spiro atoms. The van der Waals surface area contributed by atoms with Crippen LogP contribution in [0.2, 0.25) is 5.02 Å². The molecule has 184 valence electrons. The Labute approximate surface area is 206 Å². The van der Waals surface area contributed by atoms with Gasteiger partial charge in [0.1, 0.15) is 0 Å². The van der Waals surface area contributed by atoms with Crippen LogP contribution in [0.4, 0.5) is 0 Å². The van der Waals surface area contributed by atoms with Gasteiger partial charge in [0, 0.05) is 38.0 Å². The molecule has 4 rings (SSSR count). The summed E-state index contributed by atoms with van der Waals surface area (Å²) in [5.74, 6) is 0.159. The fourth-order valence-electron chi connectivity index (χ4n) is 4.73. The van der Waals surface area contributed by atoms with Gasteiger partial charge >= 0.3 is 0 Å². The predicted octanol–water partition coefficient (Wildman–Crippen LogP) is 3.94. The zero-order valence-corrected chi connectivity index (χ0v) is 21.5. The highest BCUT2D eigenvalue weighted by atomic mass is 35.5. The first-order valence-corrected chi connectivity index (χ1v) is 15.2. The average molecular weight is 525 g/mol. The molecule has 1 aliphatic heterocycles. The lowest BCUT2D eigenvalue weighted by Crippen LogP contribution is -2.50. The molecule has 0 aromatic heterocycles. The molecule has 1 saturated carbocycles. The zero-order chi connectivity index (χ0) is 24.5. The summed E-state index contributed by atoms with van der Waals surface area (Å²) in [6, 6.07) is 11.4. The number of hydrogen-bond acceptors (Lipinski definition) is 5. The SMILES string of the molecule is CS(=O)(=O)c1cc(C(=O)N2CCN(S(=O)(=O)c3ccc(C4CCCCC4)cc3)CC2)ccc1Cl. The fraction of sp³-hybridized carbons (Fsp3) is 0.458. The lowest BCUT2D eigenvalue weighted by molar-refractivity contribution is 0.0697. The van der Waals surface area contributed by atoms with Crippen molar-refractivity contribution in [3.63, 3.8) is 0 Å². The molecule has 0 radical (unpaired) electrons. The van der Waals surface area contributed by atoms with Crippen LogP contribution in [-0.2, 0) is 19.9 Å². The van der Waals surface area contributed by atoms with E-state index in [2.05, 4.69) is 0 Å². The van der Waals surface area contributed by atoms with Gasteiger partial charge in [0.05, 0.1) is 14.8 Å². The van der Waals surface area contributed by atoms with Gasteiger partial charge in [-0.25, -0.2) is 16.8 Å². The van der Waals surface area contributed by atoms with Gasteiger partial charge in [-0.05, 0) is 54.7 Å². The van der Waals surface area contributed by atoms with Gasteiger partial charge in [0.2, 0.25) is 10.0 Å². The molecule has 2 aromatic rings. The van der Waals surface area contributed by atoms with E-state index in [1.54, 1.807) is 12.1 Å². The first kappa shape index (κ1) is 25.2. The van der Waals surface area contributed by atoms with Crippen LogP contribution in [-0.4, -0.2) is 64.4 Å². The molecule has 10 heteroatoms. The number of sulfonamides is 1. The Balaban J connectivity index is 1.42. The molecule has 1 aliphatic carbocycles. The summed E-state index contributed by atoms with van der Waals surface area (Å²) in [4.78, 5) is 14.6. The molecule has 2 aliphatic rings. The summed E-state index contributed by atoms with van der Waals surface area (Å²) in [7, 11) is -7.24. The van der Waals surface area contributed by atoms with Crippen LogP contribution in [0.5, 0.6) is 0 Å². The summed E-state index contributed by atoms with van der Waals surface area (Å²) in [6.45, 7) is 0.778. The highest BCUT2D eigenvalue weighted by Gasteiger charge is 2.31. The van der Waals surface area contributed by atoms with Gasteiger partial charge in [-0.3, -0.25) is 4.79 Å². The number of amides is 1. The van der Waals surface area contributed by atoms with Crippen molar-refractivity contribution in [3.05, 3.63) is 58.6 Å². The van der Waals surface area contributed by atoms with Crippen molar-refractivity contribution < 1.29 is 21.6 Å². The molecule has 0 N–H and O–H groups in total. The molecule has 34 heavy (non-hydrogen) atoms. The van der Waals surface area contributed by atoms with Crippen molar-refractivity contribution in [1.29, 1.82) is 0 Å². The Morgan fingerprint density at radius 2 is 1.50 bits per heavy atom. The summed E-state index contributed by atoms with van der Waals surface area (Å²) in [5, 5.41) is 0.0597. The molecule has 0 atom stereocenters. The number of benzene rings is 2. The lowest BCUT2D eigenvalue weighted by atomic mass is 9.84. The van der Waals surface area contributed by atoms with E-state index in [4.69, 9.17) is 11.6 Å². The summed E-state index contributed by atoms with van der Waals surface area (Å²) in [5.41, 5.74) is 1.41. The van der Waals surface area contributed by atoms with Crippen LogP contribution >= 0.6 is 11.6 Å². The van der Waals surface area contributed by atoms with Crippen molar-refractivity contribution in [1.82, 2.24) is 9.21 Å². The van der Waals surface area contributed by atoms with Gasteiger partial charge in [-0.2, -0.15) is 4.31 Å². The molecule has 1 amide bonds. The van der Waals surface area contributed by atoms with Crippen LogP contribution in [0.15, 0.2) is 52.3 Å². The third-order valence-electron chi connectivity index (χ3n) is 6.70. The first-order valence-electron chi connectivity index (χ1n) is 11.5. The molecule has 2 fully saturated rings. The number of rotatable bonds is 5. The Morgan fingerprint density at radius 3 is 2.09 bits per heavy atom. The molecule has 0 bridgehead atoms. The number of hydrogen-bond donors (Lipinski definition) is 0. The van der Waals surface area contributed by atoms with Gasteiger partial charge in [-0.1, -0.05) is 43.0 Å². The Kier molecular flexibility index (Phi) is 7.38. The van der Waals surface area contributed by atoms with E-state index in [-0.39, 0.29) is 52.5 Å². The number of halogens is 1. The van der Waals surface area contributed by atoms with E-state index in [0.29, 0.717) is 5.92 Å². The van der Waals surface area contributed by atoms with E-state index in [0.717, 1.165) is 19.1 Å². The minimum Gasteiger partial charge on any atom is -0.336 e.